The number of hydrogen-bond donors (Lipinski definition) is 3. The lowest BCUT2D eigenvalue weighted by molar-refractivity contribution is -0.153. The van der Waals surface area contributed by atoms with E-state index in [9.17, 15) is 23.1 Å². The van der Waals surface area contributed by atoms with Gasteiger partial charge in [0.25, 0.3) is 0 Å². The number of halogens is 4. The van der Waals surface area contributed by atoms with Gasteiger partial charge in [-0.3, -0.25) is 0 Å². The molecular weight excluding hydrogens is 277 g/mol. The summed E-state index contributed by atoms with van der Waals surface area (Å²) in [5.41, 5.74) is -1.60. The highest BCUT2D eigenvalue weighted by Crippen LogP contribution is 2.36. The molecule has 8 heteroatoms. The Labute approximate surface area is 104 Å². The molecule has 0 aromatic heterocycles. The summed E-state index contributed by atoms with van der Waals surface area (Å²) in [6.07, 6.45) is -8.92. The third kappa shape index (κ3) is 3.12. The van der Waals surface area contributed by atoms with Crippen molar-refractivity contribution in [2.75, 3.05) is 0 Å². The third-order valence-corrected chi connectivity index (χ3v) is 2.52. The van der Waals surface area contributed by atoms with Gasteiger partial charge in [0.2, 0.25) is 0 Å². The Morgan fingerprint density at radius 1 is 1.28 bits per heavy atom. The van der Waals surface area contributed by atoms with Crippen molar-refractivity contribution in [3.05, 3.63) is 34.3 Å². The molecule has 0 saturated heterocycles. The zero-order valence-electron chi connectivity index (χ0n) is 8.65. The molecule has 0 fully saturated rings. The second kappa shape index (κ2) is 5.13. The van der Waals surface area contributed by atoms with E-state index in [4.69, 9.17) is 21.8 Å². The van der Waals surface area contributed by atoms with Crippen molar-refractivity contribution < 1.29 is 33.3 Å². The van der Waals surface area contributed by atoms with E-state index in [0.29, 0.717) is 6.07 Å². The third-order valence-electron chi connectivity index (χ3n) is 2.19. The molecule has 0 aliphatic carbocycles. The Hall–Kier alpha value is -1.31. The van der Waals surface area contributed by atoms with Crippen LogP contribution in [0.4, 0.5) is 13.2 Å². The zero-order chi connectivity index (χ0) is 14.1. The number of carbonyl (C=O) groups is 1. The summed E-state index contributed by atoms with van der Waals surface area (Å²) in [7, 11) is 0. The molecule has 3 N–H and O–H groups in total. The van der Waals surface area contributed by atoms with Crippen LogP contribution in [0.3, 0.4) is 0 Å². The number of aliphatic hydroxyl groups excluding tert-OH is 2. The van der Waals surface area contributed by atoms with Crippen molar-refractivity contribution in [3.63, 3.8) is 0 Å². The SMILES string of the molecule is O=C(O)C(O)C(O)c1ccc(Cl)c(C(F)(F)F)c1. The molecule has 0 aliphatic rings. The monoisotopic (exact) mass is 284 g/mol. The maximum Gasteiger partial charge on any atom is 0.417 e. The molecule has 0 saturated carbocycles. The van der Waals surface area contributed by atoms with Crippen LogP contribution in [0, 0.1) is 0 Å². The van der Waals surface area contributed by atoms with Crippen molar-refractivity contribution >= 4 is 17.6 Å². The van der Waals surface area contributed by atoms with Crippen molar-refractivity contribution in [1.82, 2.24) is 0 Å². The van der Waals surface area contributed by atoms with E-state index >= 15 is 0 Å². The number of rotatable bonds is 3. The number of alkyl halides is 3. The molecule has 0 aliphatic heterocycles. The van der Waals surface area contributed by atoms with E-state index in [1.165, 1.54) is 0 Å². The Morgan fingerprint density at radius 2 is 1.83 bits per heavy atom. The van der Waals surface area contributed by atoms with Crippen LogP contribution in [-0.4, -0.2) is 27.4 Å². The van der Waals surface area contributed by atoms with E-state index in [-0.39, 0.29) is 5.56 Å². The predicted octanol–water partition coefficient (Wildman–Crippen LogP) is 1.84. The van der Waals surface area contributed by atoms with Crippen LogP contribution in [0.1, 0.15) is 17.2 Å². The summed E-state index contributed by atoms with van der Waals surface area (Å²) in [5.74, 6) is -1.74. The Kier molecular flexibility index (Phi) is 4.20. The van der Waals surface area contributed by atoms with Crippen LogP contribution in [0.5, 0.6) is 0 Å². The van der Waals surface area contributed by atoms with Crippen LogP contribution >= 0.6 is 11.6 Å². The highest BCUT2D eigenvalue weighted by atomic mass is 35.5. The fraction of sp³-hybridized carbons (Fsp3) is 0.300. The Bertz CT molecular complexity index is 461. The van der Waals surface area contributed by atoms with Gasteiger partial charge in [0.05, 0.1) is 10.6 Å². The van der Waals surface area contributed by atoms with Gasteiger partial charge in [-0.15, -0.1) is 0 Å². The van der Waals surface area contributed by atoms with Crippen LogP contribution in [-0.2, 0) is 11.0 Å². The normalized spacial score (nSPS) is 15.2. The summed E-state index contributed by atoms with van der Waals surface area (Å²) < 4.78 is 37.5. The summed E-state index contributed by atoms with van der Waals surface area (Å²) in [5, 5.41) is 26.3. The molecule has 4 nitrogen and oxygen atoms in total. The van der Waals surface area contributed by atoms with E-state index in [1.54, 1.807) is 0 Å². The zero-order valence-corrected chi connectivity index (χ0v) is 9.40. The molecule has 0 spiro atoms. The molecule has 2 atom stereocenters. The standard InChI is InChI=1S/C10H8ClF3O4/c11-6-2-1-4(3-5(6)10(12,13)14)7(15)8(16)9(17)18/h1-3,7-8,15-16H,(H,17,18). The first-order valence-electron chi connectivity index (χ1n) is 4.60. The molecule has 100 valence electrons. The van der Waals surface area contributed by atoms with Gasteiger partial charge in [0.1, 0.15) is 6.10 Å². The van der Waals surface area contributed by atoms with E-state index in [2.05, 4.69) is 0 Å². The maximum absolute atomic E-state index is 12.5. The van der Waals surface area contributed by atoms with E-state index in [1.807, 2.05) is 0 Å². The topological polar surface area (TPSA) is 77.8 Å². The first-order chi connectivity index (χ1) is 8.14. The molecule has 2 unspecified atom stereocenters. The Balaban J connectivity index is 3.17. The van der Waals surface area contributed by atoms with Gasteiger partial charge in [-0.1, -0.05) is 17.7 Å². The number of carboxylic acid groups (broad SMARTS) is 1. The molecule has 18 heavy (non-hydrogen) atoms. The lowest BCUT2D eigenvalue weighted by Gasteiger charge is -2.16. The molecule has 0 amide bonds. The smallest absolute Gasteiger partial charge is 0.417 e. The van der Waals surface area contributed by atoms with Gasteiger partial charge < -0.3 is 15.3 Å². The minimum absolute atomic E-state index is 0.387. The van der Waals surface area contributed by atoms with Crippen LogP contribution < -0.4 is 0 Å². The first kappa shape index (κ1) is 14.7. The fourth-order valence-corrected chi connectivity index (χ4v) is 1.49. The fourth-order valence-electron chi connectivity index (χ4n) is 1.26. The molecule has 1 rings (SSSR count). The van der Waals surface area contributed by atoms with Gasteiger partial charge in [-0.05, 0) is 17.7 Å². The Morgan fingerprint density at radius 3 is 2.28 bits per heavy atom. The average Bonchev–Trinajstić information content (AvgIpc) is 2.26. The molecule has 0 bridgehead atoms. The van der Waals surface area contributed by atoms with Crippen LogP contribution in [0.15, 0.2) is 18.2 Å². The van der Waals surface area contributed by atoms with Crippen molar-refractivity contribution in [2.24, 2.45) is 0 Å². The molecule has 0 heterocycles. The van der Waals surface area contributed by atoms with Gasteiger partial charge in [-0.25, -0.2) is 4.79 Å². The van der Waals surface area contributed by atoms with Crippen molar-refractivity contribution in [1.29, 1.82) is 0 Å². The molecule has 0 radical (unpaired) electrons. The van der Waals surface area contributed by atoms with Crippen molar-refractivity contribution in [2.45, 2.75) is 18.4 Å². The molecule has 1 aromatic rings. The summed E-state index contributed by atoms with van der Waals surface area (Å²) in [6, 6.07) is 2.38. The largest absolute Gasteiger partial charge is 0.479 e. The second-order valence-corrected chi connectivity index (χ2v) is 3.87. The number of aliphatic carboxylic acids is 1. The average molecular weight is 285 g/mol. The summed E-state index contributed by atoms with van der Waals surface area (Å²) in [6.45, 7) is 0. The molecular formula is C10H8ClF3O4. The summed E-state index contributed by atoms with van der Waals surface area (Å²) >= 11 is 5.35. The van der Waals surface area contributed by atoms with Crippen molar-refractivity contribution in [3.8, 4) is 0 Å². The van der Waals surface area contributed by atoms with Gasteiger partial charge in [-0.2, -0.15) is 13.2 Å². The number of hydrogen-bond acceptors (Lipinski definition) is 3. The quantitative estimate of drug-likeness (QED) is 0.791. The lowest BCUT2D eigenvalue weighted by Crippen LogP contribution is -2.27. The van der Waals surface area contributed by atoms with Gasteiger partial charge in [0, 0.05) is 0 Å². The minimum atomic E-state index is -4.74. The lowest BCUT2D eigenvalue weighted by atomic mass is 10.0. The minimum Gasteiger partial charge on any atom is -0.479 e. The van der Waals surface area contributed by atoms with E-state index in [0.717, 1.165) is 12.1 Å². The highest BCUT2D eigenvalue weighted by Gasteiger charge is 2.35. The highest BCUT2D eigenvalue weighted by molar-refractivity contribution is 6.31. The van der Waals surface area contributed by atoms with Crippen LogP contribution in [0.2, 0.25) is 5.02 Å². The first-order valence-corrected chi connectivity index (χ1v) is 4.98. The maximum atomic E-state index is 12.5. The number of benzene rings is 1. The van der Waals surface area contributed by atoms with E-state index < -0.39 is 34.9 Å². The molecule has 1 aromatic carbocycles. The number of carboxylic acids is 1. The second-order valence-electron chi connectivity index (χ2n) is 3.46. The van der Waals surface area contributed by atoms with Gasteiger partial charge in [0.15, 0.2) is 6.10 Å². The van der Waals surface area contributed by atoms with Crippen LogP contribution in [0.25, 0.3) is 0 Å². The predicted molar refractivity (Wildman–Crippen MR) is 55.1 cm³/mol. The summed E-state index contributed by atoms with van der Waals surface area (Å²) in [4.78, 5) is 10.4. The van der Waals surface area contributed by atoms with Gasteiger partial charge >= 0.3 is 12.1 Å². The number of aliphatic hydroxyl groups is 2.